The minimum Gasteiger partial charge on any atom is -0.116 e. The summed E-state index contributed by atoms with van der Waals surface area (Å²) in [6.45, 7) is 2.27. The zero-order valence-electron chi connectivity index (χ0n) is 9.78. The summed E-state index contributed by atoms with van der Waals surface area (Å²) < 4.78 is 0. The quantitative estimate of drug-likeness (QED) is 0.418. The Morgan fingerprint density at radius 3 is 2.33 bits per heavy atom. The summed E-state index contributed by atoms with van der Waals surface area (Å²) in [6.07, 6.45) is 11.2. The van der Waals surface area contributed by atoms with Gasteiger partial charge in [0.1, 0.15) is 0 Å². The van der Waals surface area contributed by atoms with E-state index in [-0.39, 0.29) is 7.53 Å². The van der Waals surface area contributed by atoms with E-state index in [0.29, 0.717) is 0 Å². The third-order valence-corrected chi connectivity index (χ3v) is 5.80. The van der Waals surface area contributed by atoms with Gasteiger partial charge in [0, 0.05) is 5.04 Å². The van der Waals surface area contributed by atoms with Crippen molar-refractivity contribution in [2.75, 3.05) is 0 Å². The second-order valence-corrected chi connectivity index (χ2v) is 7.18. The van der Waals surface area contributed by atoms with E-state index in [1.807, 2.05) is 0 Å². The number of rotatable bonds is 8. The van der Waals surface area contributed by atoms with Gasteiger partial charge in [-0.15, -0.1) is 7.53 Å². The molecule has 0 spiro atoms. The molecule has 0 aliphatic carbocycles. The Balaban J connectivity index is 1.96. The van der Waals surface area contributed by atoms with Crippen molar-refractivity contribution in [3.8, 4) is 0 Å². The highest BCUT2D eigenvalue weighted by atomic mass is 31.1. The summed E-state index contributed by atoms with van der Waals surface area (Å²) in [7, 11) is 4.50. The van der Waals surface area contributed by atoms with Gasteiger partial charge >= 0.3 is 0 Å². The highest BCUT2D eigenvalue weighted by Crippen LogP contribution is 2.29. The zero-order valence-corrected chi connectivity index (χ0v) is 11.6. The molecule has 0 fully saturated rings. The molecule has 0 nitrogen and oxygen atoms in total. The summed E-state index contributed by atoms with van der Waals surface area (Å²) in [6, 6.07) is 4.31. The van der Waals surface area contributed by atoms with Crippen LogP contribution in [0.2, 0.25) is 0 Å². The van der Waals surface area contributed by atoms with E-state index >= 15 is 0 Å². The molecular formula is C13H22P2. The predicted molar refractivity (Wildman–Crippen MR) is 73.7 cm³/mol. The Morgan fingerprint density at radius 1 is 1.07 bits per heavy atom. The zero-order chi connectivity index (χ0) is 10.9. The fourth-order valence-corrected chi connectivity index (χ4v) is 4.09. The SMILES string of the molecule is CCCCCCCCCp1cccc1[P]. The predicted octanol–water partition coefficient (Wildman–Crippen LogP) is 5.46. The van der Waals surface area contributed by atoms with Crippen LogP contribution >= 0.6 is 16.8 Å². The number of hydrogen-bond donors (Lipinski definition) is 0. The first-order valence-electron chi connectivity index (χ1n) is 6.18. The summed E-state index contributed by atoms with van der Waals surface area (Å²) in [5.74, 6) is 2.34. The van der Waals surface area contributed by atoms with Crippen LogP contribution in [-0.4, -0.2) is 0 Å². The molecule has 1 rings (SSSR count). The molecule has 0 aromatic carbocycles. The van der Waals surface area contributed by atoms with E-state index in [9.17, 15) is 0 Å². The van der Waals surface area contributed by atoms with Crippen LogP contribution < -0.4 is 5.04 Å². The molecule has 2 radical (unpaired) electrons. The van der Waals surface area contributed by atoms with Gasteiger partial charge in [0.25, 0.3) is 0 Å². The van der Waals surface area contributed by atoms with Gasteiger partial charge < -0.3 is 0 Å². The Bertz CT molecular complexity index is 253. The molecule has 1 atom stereocenters. The lowest BCUT2D eigenvalue weighted by Gasteiger charge is -2.02. The maximum Gasteiger partial charge on any atom is 0.00528 e. The first-order valence-corrected chi connectivity index (χ1v) is 8.23. The second-order valence-electron chi connectivity index (χ2n) is 4.18. The minimum absolute atomic E-state index is 0.0108. The molecule has 1 aromatic heterocycles. The maximum atomic E-state index is 4.49. The van der Waals surface area contributed by atoms with Crippen molar-refractivity contribution < 1.29 is 0 Å². The Kier molecular flexibility index (Phi) is 7.41. The van der Waals surface area contributed by atoms with Crippen LogP contribution in [0.15, 0.2) is 17.9 Å². The second kappa shape index (κ2) is 8.37. The monoisotopic (exact) mass is 240 g/mol. The van der Waals surface area contributed by atoms with E-state index < -0.39 is 0 Å². The third kappa shape index (κ3) is 5.74. The van der Waals surface area contributed by atoms with Gasteiger partial charge in [-0.25, -0.2) is 0 Å². The molecule has 0 amide bonds. The number of aryl methyl sites for hydroxylation is 1. The standard InChI is InChI=1S/C13H22P2/c1-2-3-4-5-6-7-8-11-15-12-9-10-13(15)14/h9-10,12H,2-8,11H2,1H3. The lowest BCUT2D eigenvalue weighted by Crippen LogP contribution is -1.83. The molecular weight excluding hydrogens is 218 g/mol. The summed E-state index contributed by atoms with van der Waals surface area (Å²) >= 11 is 0. The fourth-order valence-electron chi connectivity index (χ4n) is 1.83. The molecule has 0 N–H and O–H groups in total. The van der Waals surface area contributed by atoms with Crippen LogP contribution in [0, 0.1) is 0 Å². The Labute approximate surface area is 98.1 Å². The van der Waals surface area contributed by atoms with Gasteiger partial charge in [0.05, 0.1) is 0 Å². The topological polar surface area (TPSA) is 0 Å². The summed E-state index contributed by atoms with van der Waals surface area (Å²) in [4.78, 5) is 0. The molecule has 1 aromatic rings. The largest absolute Gasteiger partial charge is 0.116 e. The van der Waals surface area contributed by atoms with Gasteiger partial charge in [-0.05, 0) is 33.7 Å². The summed E-state index contributed by atoms with van der Waals surface area (Å²) in [5.41, 5.74) is 0. The van der Waals surface area contributed by atoms with Gasteiger partial charge in [0.2, 0.25) is 0 Å². The van der Waals surface area contributed by atoms with Crippen molar-refractivity contribution in [3.05, 3.63) is 17.9 Å². The van der Waals surface area contributed by atoms with Gasteiger partial charge in [-0.3, -0.25) is 0 Å². The maximum absolute atomic E-state index is 4.49. The van der Waals surface area contributed by atoms with Crippen LogP contribution in [0.3, 0.4) is 0 Å². The van der Waals surface area contributed by atoms with Crippen LogP contribution in [-0.2, 0) is 6.16 Å². The highest BCUT2D eigenvalue weighted by molar-refractivity contribution is 7.63. The van der Waals surface area contributed by atoms with Crippen LogP contribution in [0.4, 0.5) is 0 Å². The van der Waals surface area contributed by atoms with Crippen LogP contribution in [0.5, 0.6) is 0 Å². The van der Waals surface area contributed by atoms with Crippen molar-refractivity contribution in [2.45, 2.75) is 58.0 Å². The van der Waals surface area contributed by atoms with Crippen molar-refractivity contribution in [3.63, 3.8) is 0 Å². The van der Waals surface area contributed by atoms with Crippen molar-refractivity contribution in [2.24, 2.45) is 0 Å². The molecule has 1 unspecified atom stereocenters. The van der Waals surface area contributed by atoms with E-state index in [2.05, 4.69) is 34.1 Å². The average Bonchev–Trinajstić information content (AvgIpc) is 2.63. The average molecular weight is 240 g/mol. The Morgan fingerprint density at radius 2 is 1.73 bits per heavy atom. The number of unbranched alkanes of at least 4 members (excludes halogenated alkanes) is 6. The highest BCUT2D eigenvalue weighted by Gasteiger charge is 1.97. The summed E-state index contributed by atoms with van der Waals surface area (Å²) in [5, 5.41) is 1.32. The van der Waals surface area contributed by atoms with E-state index in [4.69, 9.17) is 0 Å². The molecule has 15 heavy (non-hydrogen) atoms. The third-order valence-electron chi connectivity index (χ3n) is 2.81. The Hall–Kier alpha value is 0.210. The van der Waals surface area contributed by atoms with Crippen molar-refractivity contribution in [1.29, 1.82) is 0 Å². The molecule has 0 saturated carbocycles. The van der Waals surface area contributed by atoms with E-state index in [0.717, 1.165) is 0 Å². The number of hydrogen-bond acceptors (Lipinski definition) is 0. The van der Waals surface area contributed by atoms with Gasteiger partial charge in [-0.1, -0.05) is 51.5 Å². The van der Waals surface area contributed by atoms with Crippen LogP contribution in [0.25, 0.3) is 0 Å². The molecule has 0 saturated heterocycles. The molecule has 2 heteroatoms. The van der Waals surface area contributed by atoms with E-state index in [1.54, 1.807) is 0 Å². The smallest absolute Gasteiger partial charge is 0.00528 e. The fraction of sp³-hybridized carbons (Fsp3) is 0.692. The van der Waals surface area contributed by atoms with Gasteiger partial charge in [-0.2, -0.15) is 0 Å². The molecule has 0 bridgehead atoms. The molecule has 0 aliphatic heterocycles. The molecule has 84 valence electrons. The lowest BCUT2D eigenvalue weighted by atomic mass is 10.1. The van der Waals surface area contributed by atoms with Crippen LogP contribution in [0.1, 0.15) is 51.9 Å². The first kappa shape index (κ1) is 13.3. The normalized spacial score (nSPS) is 12.0. The van der Waals surface area contributed by atoms with Crippen molar-refractivity contribution in [1.82, 2.24) is 0 Å². The van der Waals surface area contributed by atoms with Gasteiger partial charge in [0.15, 0.2) is 0 Å². The molecule has 1 heterocycles. The molecule has 0 aliphatic rings. The minimum atomic E-state index is 0.0108. The van der Waals surface area contributed by atoms with E-state index in [1.165, 1.54) is 56.1 Å². The van der Waals surface area contributed by atoms with Crippen molar-refractivity contribution >= 4 is 21.8 Å². The first-order chi connectivity index (χ1) is 7.34. The lowest BCUT2D eigenvalue weighted by molar-refractivity contribution is 0.598.